The molecule has 7 amide bonds. The van der Waals surface area contributed by atoms with Crippen LogP contribution in [0.5, 0.6) is 0 Å². The van der Waals surface area contributed by atoms with Crippen LogP contribution in [0, 0.1) is 22.7 Å². The number of likely N-dealkylation sites (N-methyl/N-ethyl adjacent to an activating group) is 1. The van der Waals surface area contributed by atoms with E-state index in [1.54, 1.807) is 85.8 Å². The maximum Gasteiger partial charge on any atom is 0.508 e. The van der Waals surface area contributed by atoms with E-state index in [1.165, 1.54) is 97.9 Å². The Hall–Kier alpha value is -15.2. The van der Waals surface area contributed by atoms with Gasteiger partial charge in [-0.05, 0) is 98.4 Å². The molecule has 10 rings (SSSR count). The van der Waals surface area contributed by atoms with Gasteiger partial charge in [0.1, 0.15) is 72.7 Å². The maximum absolute atomic E-state index is 16.2. The first-order valence-electron chi connectivity index (χ1n) is 44.5. The Morgan fingerprint density at radius 3 is 1.78 bits per heavy atom. The number of nitrogen functional groups attached to an aromatic ring is 1. The lowest BCUT2D eigenvalue weighted by molar-refractivity contribution is -0.346. The van der Waals surface area contributed by atoms with Crippen molar-refractivity contribution in [2.75, 3.05) is 49.4 Å². The van der Waals surface area contributed by atoms with Gasteiger partial charge in [0.15, 0.2) is 35.1 Å². The second-order valence-corrected chi connectivity index (χ2v) is 37.2. The molecule has 6 aromatic rings. The normalized spacial score (nSPS) is 21.1. The van der Waals surface area contributed by atoms with Crippen molar-refractivity contribution >= 4 is 157 Å². The molecular formula is C93H111N15O33S2. The van der Waals surface area contributed by atoms with Crippen LogP contribution in [0.15, 0.2) is 148 Å². The molecule has 3 fully saturated rings. The first-order valence-corrected chi connectivity index (χ1v) is 47.0. The molecule has 3 heterocycles. The number of carbonyl (C=O) groups excluding carboxylic acids is 13. The Kier molecular flexibility index (Phi) is 38.8. The molecule has 768 valence electrons. The van der Waals surface area contributed by atoms with Crippen molar-refractivity contribution in [3.63, 3.8) is 0 Å². The van der Waals surface area contributed by atoms with Crippen LogP contribution in [0.3, 0.4) is 0 Å². The molecule has 17 atom stereocenters. The van der Waals surface area contributed by atoms with Crippen LogP contribution in [0.4, 0.5) is 16.3 Å². The number of aliphatic hydroxyl groups excluding tert-OH is 1. The average molecular weight is 2030 g/mol. The number of carboxylic acids is 5. The molecule has 22 N–H and O–H groups in total. The number of nitrogens with two attached hydrogens (primary N) is 3. The van der Waals surface area contributed by atoms with Crippen molar-refractivity contribution in [1.82, 2.24) is 52.2 Å². The fourth-order valence-corrected chi connectivity index (χ4v) is 19.1. The number of ether oxygens (including phenoxy) is 7. The number of rotatable bonds is 45. The highest BCUT2D eigenvalue weighted by molar-refractivity contribution is 8.76. The van der Waals surface area contributed by atoms with Crippen LogP contribution in [0.1, 0.15) is 155 Å². The van der Waals surface area contributed by atoms with Crippen molar-refractivity contribution in [2.24, 2.45) is 39.1 Å². The smallest absolute Gasteiger partial charge is 0.481 e. The number of aromatic nitrogens is 3. The Morgan fingerprint density at radius 1 is 0.657 bits per heavy atom. The number of Topliss-reactive ketones (excluding diaryl/α,β-unsaturated/α-hetero) is 1. The van der Waals surface area contributed by atoms with E-state index >= 15 is 4.79 Å². The molecule has 2 saturated carbocycles. The molecule has 1 aliphatic heterocycles. The fraction of sp³-hybridized carbons (Fsp3) is 0.441. The van der Waals surface area contributed by atoms with Crippen LogP contribution >= 0.6 is 21.6 Å². The Morgan fingerprint density at radius 2 is 1.22 bits per heavy atom. The zero-order valence-electron chi connectivity index (χ0n) is 78.4. The number of pyridine rings is 1. The number of aliphatic imine (C=N–C) groups is 1. The third-order valence-electron chi connectivity index (χ3n) is 24.3. The summed E-state index contributed by atoms with van der Waals surface area (Å²) in [5, 5.41) is 91.9. The van der Waals surface area contributed by atoms with Crippen molar-refractivity contribution in [3.05, 3.63) is 177 Å². The number of aliphatic hydroxyl groups is 2. The molecule has 1 saturated heterocycles. The zero-order chi connectivity index (χ0) is 105. The number of anilines is 2. The number of aromatic amines is 1. The number of hydrogen-bond donors (Lipinski definition) is 19. The predicted octanol–water partition coefficient (Wildman–Crippen LogP) is 1.64. The Balaban J connectivity index is 0.000000321. The molecule has 50 heteroatoms. The summed E-state index contributed by atoms with van der Waals surface area (Å²) >= 11 is 0. The molecule has 3 aliphatic carbocycles. The van der Waals surface area contributed by atoms with Gasteiger partial charge >= 0.3 is 59.9 Å². The average Bonchev–Trinajstić information content (AvgIpc) is 0.664. The second-order valence-electron chi connectivity index (χ2n) is 34.5. The van der Waals surface area contributed by atoms with Crippen LogP contribution in [0.25, 0.3) is 11.0 Å². The summed E-state index contributed by atoms with van der Waals surface area (Å²) in [7, 11) is 3.66. The van der Waals surface area contributed by atoms with E-state index < -0.39 is 264 Å². The van der Waals surface area contributed by atoms with Crippen LogP contribution in [0.2, 0.25) is 0 Å². The summed E-state index contributed by atoms with van der Waals surface area (Å²) in [4.78, 5) is 263. The van der Waals surface area contributed by atoms with E-state index in [1.807, 2.05) is 5.32 Å². The van der Waals surface area contributed by atoms with E-state index in [-0.39, 0.29) is 95.6 Å². The highest BCUT2D eigenvalue weighted by Crippen LogP contribution is 2.65. The predicted molar refractivity (Wildman–Crippen MR) is 505 cm³/mol. The highest BCUT2D eigenvalue weighted by Gasteiger charge is 2.79. The minimum Gasteiger partial charge on any atom is -0.481 e. The summed E-state index contributed by atoms with van der Waals surface area (Å²) in [5.74, 6) is -21.6. The lowest BCUT2D eigenvalue weighted by Gasteiger charge is -2.67. The minimum absolute atomic E-state index is 0.00808. The topological polar surface area (TPSA) is 759 Å². The number of fused-ring (bicyclic) bond motifs is 6. The molecule has 0 radical (unpaired) electrons. The second kappa shape index (κ2) is 49.8. The molecule has 0 spiro atoms. The van der Waals surface area contributed by atoms with Crippen molar-refractivity contribution in [2.45, 2.75) is 197 Å². The summed E-state index contributed by atoms with van der Waals surface area (Å²) in [5.41, 5.74) is 9.27. The van der Waals surface area contributed by atoms with Crippen molar-refractivity contribution in [3.8, 4) is 0 Å². The molecule has 2 bridgehead atoms. The van der Waals surface area contributed by atoms with Crippen molar-refractivity contribution < 1.29 is 155 Å². The van der Waals surface area contributed by atoms with Gasteiger partial charge in [-0.15, -0.1) is 0 Å². The SMILES string of the molecule is CC(=O)O[C@H]1C(=O)[C@@]2(C)C([C@H](OC(=O)c3ccccc3)[C@]3(O)C[C@H](OC(=O)[C@H](O)[C@@H](NC(=O)c4ccccc4)c4ccccc4)C(C)=C1C3(C)C)[C@]1(OC(C)=O)CO[C@@H]1C[C@@H]2OC(=O)OCCSSC[C@H](C)C(=O)O.CNC(=O)[C@H](CC(=O)O)NC(=O)[C@H](CC(=O)O)NC(=O)[C@H](CCCN=C(N)N)NC(=O)[C@H](CC(=O)O)NC(=O)CC[C@H](NC(=O)c1ccc(NCc2cnc3cc(N)[nH]c(=O)c3n2)cc1)C(=O)O. The van der Waals surface area contributed by atoms with Gasteiger partial charge in [0.05, 0.1) is 78.7 Å². The number of carbonyl (C=O) groups is 18. The Bertz CT molecular complexity index is 5880. The van der Waals surface area contributed by atoms with Gasteiger partial charge in [-0.3, -0.25) is 81.9 Å². The number of benzene rings is 4. The first kappa shape index (κ1) is 111. The highest BCUT2D eigenvalue weighted by atomic mass is 33.1. The molecule has 4 aliphatic rings. The molecule has 4 aromatic carbocycles. The van der Waals surface area contributed by atoms with E-state index in [0.29, 0.717) is 22.5 Å². The number of hydrogen-bond acceptors (Lipinski definition) is 35. The van der Waals surface area contributed by atoms with Crippen LogP contribution in [-0.2, 0) is 107 Å². The van der Waals surface area contributed by atoms with Gasteiger partial charge < -0.3 is 134 Å². The van der Waals surface area contributed by atoms with Gasteiger partial charge in [0.25, 0.3) is 17.4 Å². The number of carboxylic acid groups (broad SMARTS) is 5. The number of aliphatic carboxylic acids is 5. The number of nitrogens with one attached hydrogen (secondary N) is 9. The van der Waals surface area contributed by atoms with E-state index in [0.717, 1.165) is 20.9 Å². The number of amides is 7. The summed E-state index contributed by atoms with van der Waals surface area (Å²) in [6.45, 7) is 9.05. The van der Waals surface area contributed by atoms with E-state index in [4.69, 9.17) is 55.5 Å². The standard InChI is InChI=1S/C54H61NO18S2.C39H50N14O15/c1-29(47(61)62)27-75-74-24-23-67-50(65)71-37-25-38-53(28-68-38,73-32(4)57)43-45(72-48(63)35-21-15-10-16-22-35)54(66)26-36(30(2)39(51(54,5)6)42(69-31(3)56)44(59)52(37,43)7)70-49(64)41(58)40(33-17-11-8-12-18-33)55-46(60)34-19-13-9-14-20-34;1-43-33(62)23(12-28(55)56)51-36(65)25(14-30(59)60)52-34(63)20(3-2-10-44-39(41)42)49-35(64)24(13-29(57)58)48-27(54)9-8-21(38(67)68)50-32(61)17-4-6-18(7-5-17)45-15-19-16-46-22-11-26(40)53-37(66)31(22)47-19/h8-22,29,36-38,40-43,45,58,66H,23-28H2,1-7H3,(H,55,60)(H,61,62);4-7,11,16,20-21,23-25,45H,2-3,8-10,12-15H2,1H3,(H,43,62)(H,48,54)(H,49,64)(H,50,61)(H,51,65)(H,52,63)(H,55,56)(H,57,58)(H,59,60)(H,67,68)(H3,40,53,66)(H4,41,42,44)/t29-,36-,37-,38+,40-,41+,42+,43?,45-,52+,53-,54+;20-,21-,23-,24-,25-/m00/s1. The van der Waals surface area contributed by atoms with Gasteiger partial charge in [0.2, 0.25) is 29.5 Å². The van der Waals surface area contributed by atoms with Crippen LogP contribution in [-0.4, -0.2) is 280 Å². The quantitative estimate of drug-likeness (QED) is 0.00491. The third kappa shape index (κ3) is 28.6. The largest absolute Gasteiger partial charge is 0.508 e. The number of esters is 4. The third-order valence-corrected chi connectivity index (χ3v) is 26.8. The zero-order valence-corrected chi connectivity index (χ0v) is 80.1. The number of guanidine groups is 1. The van der Waals surface area contributed by atoms with Gasteiger partial charge in [-0.25, -0.2) is 24.2 Å². The summed E-state index contributed by atoms with van der Waals surface area (Å²) in [6.07, 6.45) is -15.8. The van der Waals surface area contributed by atoms with Crippen LogP contribution < -0.4 is 65.3 Å². The lowest BCUT2D eigenvalue weighted by Crippen LogP contribution is -2.82. The molecule has 1 unspecified atom stereocenters. The van der Waals surface area contributed by atoms with Gasteiger partial charge in [-0.2, -0.15) is 0 Å². The summed E-state index contributed by atoms with van der Waals surface area (Å²) in [6, 6.07) is 20.9. The molecule has 2 aromatic heterocycles. The van der Waals surface area contributed by atoms with E-state index in [9.17, 15) is 117 Å². The Labute approximate surface area is 822 Å². The molecular weight excluding hydrogens is 1920 g/mol. The molecule has 48 nitrogen and oxygen atoms in total. The number of H-pyrrole nitrogens is 1. The molecule has 143 heavy (non-hydrogen) atoms. The number of nitrogens with zero attached hydrogens (tertiary/aromatic N) is 3. The van der Waals surface area contributed by atoms with Gasteiger partial charge in [-0.1, -0.05) is 109 Å². The van der Waals surface area contributed by atoms with Crippen molar-refractivity contribution in [1.29, 1.82) is 0 Å². The fourth-order valence-electron chi connectivity index (χ4n) is 17.0. The first-order chi connectivity index (χ1) is 67.5. The monoisotopic (exact) mass is 2030 g/mol. The minimum atomic E-state index is -2.52. The van der Waals surface area contributed by atoms with Gasteiger partial charge in [0, 0.05) is 86.5 Å². The number of ketones is 1. The van der Waals surface area contributed by atoms with E-state index in [2.05, 4.69) is 57.2 Å². The maximum atomic E-state index is 16.2. The lowest BCUT2D eigenvalue weighted by atomic mass is 9.44. The summed E-state index contributed by atoms with van der Waals surface area (Å²) < 4.78 is 42.4.